The summed E-state index contributed by atoms with van der Waals surface area (Å²) < 4.78 is 73.7. The Kier molecular flexibility index (Phi) is 6.42. The zero-order chi connectivity index (χ0) is 23.0. The highest BCUT2D eigenvalue weighted by atomic mass is 79.9. The molecule has 0 spiro atoms. The van der Waals surface area contributed by atoms with Crippen LogP contribution in [0.1, 0.15) is 22.5 Å². The summed E-state index contributed by atoms with van der Waals surface area (Å²) in [6, 6.07) is 1.06. The predicted molar refractivity (Wildman–Crippen MR) is 106 cm³/mol. The molecule has 0 unspecified atom stereocenters. The van der Waals surface area contributed by atoms with Crippen LogP contribution in [-0.2, 0) is 10.3 Å². The number of benzene rings is 1. The standard InChI is InChI=1S/C18H13BrClF5N4O2/c19-8-3-11(20)14(27-6-8)15(30)28-9-1-2-12(22)10(4-9)17(7-21)5-13(18(23,24)25)29-16(26)31-17/h1-4,6,13H,5,7H2,(H2,26,29)(H,28,30)/t13-,17+/m0/s1. The van der Waals surface area contributed by atoms with Crippen LogP contribution in [0, 0.1) is 5.82 Å². The summed E-state index contributed by atoms with van der Waals surface area (Å²) in [6.07, 6.45) is -4.56. The van der Waals surface area contributed by atoms with Gasteiger partial charge < -0.3 is 15.8 Å². The molecule has 31 heavy (non-hydrogen) atoms. The SMILES string of the molecule is NC1=N[C@H](C(F)(F)F)C[C@@](CF)(c2cc(NC(=O)c3ncc(Br)cc3Cl)ccc2F)O1. The minimum atomic E-state index is -4.85. The van der Waals surface area contributed by atoms with E-state index in [4.69, 9.17) is 22.1 Å². The van der Waals surface area contributed by atoms with Crippen LogP contribution >= 0.6 is 27.5 Å². The van der Waals surface area contributed by atoms with Crippen LogP contribution in [0.5, 0.6) is 0 Å². The van der Waals surface area contributed by atoms with Crippen molar-refractivity contribution in [3.63, 3.8) is 0 Å². The molecule has 1 amide bonds. The molecule has 166 valence electrons. The Bertz CT molecular complexity index is 1050. The highest BCUT2D eigenvalue weighted by Gasteiger charge is 2.52. The number of ether oxygens (including phenoxy) is 1. The van der Waals surface area contributed by atoms with Gasteiger partial charge in [0.15, 0.2) is 11.6 Å². The number of amidine groups is 1. The highest BCUT2D eigenvalue weighted by Crippen LogP contribution is 2.42. The quantitative estimate of drug-likeness (QED) is 0.563. The van der Waals surface area contributed by atoms with Crippen molar-refractivity contribution in [2.75, 3.05) is 12.0 Å². The van der Waals surface area contributed by atoms with Crippen LogP contribution in [0.2, 0.25) is 5.02 Å². The average molecular weight is 528 g/mol. The fraction of sp³-hybridized carbons (Fsp3) is 0.278. The van der Waals surface area contributed by atoms with Crippen LogP contribution < -0.4 is 11.1 Å². The van der Waals surface area contributed by atoms with Gasteiger partial charge in [0.1, 0.15) is 18.2 Å². The molecule has 0 radical (unpaired) electrons. The van der Waals surface area contributed by atoms with Crippen LogP contribution in [0.25, 0.3) is 0 Å². The molecule has 6 nitrogen and oxygen atoms in total. The van der Waals surface area contributed by atoms with Gasteiger partial charge in [0, 0.05) is 28.3 Å². The number of alkyl halides is 4. The smallest absolute Gasteiger partial charge is 0.411 e. The van der Waals surface area contributed by atoms with Crippen LogP contribution in [0.3, 0.4) is 0 Å². The molecular formula is C18H13BrClF5N4O2. The summed E-state index contributed by atoms with van der Waals surface area (Å²) in [5.41, 5.74) is 2.17. The first-order valence-corrected chi connectivity index (χ1v) is 9.69. The predicted octanol–water partition coefficient (Wildman–Crippen LogP) is 4.72. The highest BCUT2D eigenvalue weighted by molar-refractivity contribution is 9.10. The summed E-state index contributed by atoms with van der Waals surface area (Å²) in [5.74, 6) is -1.82. The number of anilines is 1. The van der Waals surface area contributed by atoms with Crippen molar-refractivity contribution in [2.24, 2.45) is 10.7 Å². The number of nitrogens with zero attached hydrogens (tertiary/aromatic N) is 2. The van der Waals surface area contributed by atoms with Gasteiger partial charge in [-0.3, -0.25) is 4.79 Å². The van der Waals surface area contributed by atoms with Crippen molar-refractivity contribution < 1.29 is 31.5 Å². The van der Waals surface area contributed by atoms with E-state index in [-0.39, 0.29) is 16.4 Å². The number of halogens is 7. The molecule has 2 heterocycles. The van der Waals surface area contributed by atoms with E-state index in [9.17, 15) is 26.7 Å². The molecule has 0 saturated carbocycles. The van der Waals surface area contributed by atoms with Crippen molar-refractivity contribution in [2.45, 2.75) is 24.2 Å². The van der Waals surface area contributed by atoms with Crippen molar-refractivity contribution in [1.82, 2.24) is 4.98 Å². The van der Waals surface area contributed by atoms with E-state index in [1.807, 2.05) is 0 Å². The molecule has 1 aromatic carbocycles. The molecular weight excluding hydrogens is 515 g/mol. The third kappa shape index (κ3) is 4.90. The van der Waals surface area contributed by atoms with Gasteiger partial charge in [-0.25, -0.2) is 18.8 Å². The molecule has 0 fully saturated rings. The number of carbonyl (C=O) groups excluding carboxylic acids is 1. The monoisotopic (exact) mass is 526 g/mol. The Labute approximate surface area is 185 Å². The minimum absolute atomic E-state index is 0.0158. The Balaban J connectivity index is 1.96. The van der Waals surface area contributed by atoms with E-state index < -0.39 is 54.2 Å². The molecule has 0 bridgehead atoms. The molecule has 13 heteroatoms. The Morgan fingerprint density at radius 3 is 2.71 bits per heavy atom. The summed E-state index contributed by atoms with van der Waals surface area (Å²) in [4.78, 5) is 19.5. The maximum atomic E-state index is 14.5. The number of rotatable bonds is 4. The Morgan fingerprint density at radius 1 is 1.39 bits per heavy atom. The zero-order valence-corrected chi connectivity index (χ0v) is 17.7. The number of amides is 1. The zero-order valence-electron chi connectivity index (χ0n) is 15.3. The molecule has 1 aromatic heterocycles. The number of hydrogen-bond donors (Lipinski definition) is 2. The second kappa shape index (κ2) is 8.58. The first-order chi connectivity index (χ1) is 14.4. The number of aliphatic imine (C=N–C) groups is 1. The molecule has 0 aliphatic carbocycles. The molecule has 3 rings (SSSR count). The molecule has 3 N–H and O–H groups in total. The van der Waals surface area contributed by atoms with E-state index in [0.29, 0.717) is 4.47 Å². The van der Waals surface area contributed by atoms with E-state index in [0.717, 1.165) is 18.2 Å². The summed E-state index contributed by atoms with van der Waals surface area (Å²) in [5, 5.41) is 2.41. The van der Waals surface area contributed by atoms with Gasteiger partial charge in [0.2, 0.25) is 0 Å². The Hall–Kier alpha value is -2.47. The summed E-state index contributed by atoms with van der Waals surface area (Å²) in [6.45, 7) is -1.52. The maximum absolute atomic E-state index is 14.5. The Morgan fingerprint density at radius 2 is 2.10 bits per heavy atom. The molecule has 1 aliphatic heterocycles. The largest absolute Gasteiger partial charge is 0.451 e. The van der Waals surface area contributed by atoms with Gasteiger partial charge in [-0.15, -0.1) is 0 Å². The molecule has 2 aromatic rings. The lowest BCUT2D eigenvalue weighted by Crippen LogP contribution is -2.48. The van der Waals surface area contributed by atoms with E-state index in [1.165, 1.54) is 12.3 Å². The van der Waals surface area contributed by atoms with Crippen LogP contribution in [-0.4, -0.2) is 35.8 Å². The first kappa shape index (κ1) is 23.2. The van der Waals surface area contributed by atoms with Crippen LogP contribution in [0.4, 0.5) is 27.6 Å². The fourth-order valence-electron chi connectivity index (χ4n) is 3.01. The number of carbonyl (C=O) groups is 1. The summed E-state index contributed by atoms with van der Waals surface area (Å²) in [7, 11) is 0. The maximum Gasteiger partial charge on any atom is 0.411 e. The van der Waals surface area contributed by atoms with Gasteiger partial charge >= 0.3 is 6.18 Å². The minimum Gasteiger partial charge on any atom is -0.451 e. The number of aromatic nitrogens is 1. The van der Waals surface area contributed by atoms with Crippen LogP contribution in [0.15, 0.2) is 39.9 Å². The van der Waals surface area contributed by atoms with E-state index in [1.54, 1.807) is 0 Å². The second-order valence-electron chi connectivity index (χ2n) is 6.59. The van der Waals surface area contributed by atoms with E-state index in [2.05, 4.69) is 31.2 Å². The van der Waals surface area contributed by atoms with Gasteiger partial charge in [-0.1, -0.05) is 11.6 Å². The average Bonchev–Trinajstić information content (AvgIpc) is 2.68. The first-order valence-electron chi connectivity index (χ1n) is 8.52. The second-order valence-corrected chi connectivity index (χ2v) is 7.91. The van der Waals surface area contributed by atoms with Crippen molar-refractivity contribution in [1.29, 1.82) is 0 Å². The number of hydrogen-bond acceptors (Lipinski definition) is 5. The molecule has 0 saturated heterocycles. The summed E-state index contributed by atoms with van der Waals surface area (Å²) >= 11 is 9.11. The van der Waals surface area contributed by atoms with Gasteiger partial charge in [0.05, 0.1) is 5.02 Å². The van der Waals surface area contributed by atoms with Gasteiger partial charge in [-0.2, -0.15) is 13.2 Å². The lowest BCUT2D eigenvalue weighted by atomic mass is 9.86. The van der Waals surface area contributed by atoms with Crippen molar-refractivity contribution in [3.05, 3.63) is 57.0 Å². The molecule has 2 atom stereocenters. The third-order valence-corrected chi connectivity index (χ3v) is 5.16. The normalized spacial score (nSPS) is 21.3. The van der Waals surface area contributed by atoms with Gasteiger partial charge in [0.25, 0.3) is 11.9 Å². The third-order valence-electron chi connectivity index (χ3n) is 4.44. The number of nitrogens with two attached hydrogens (primary N) is 1. The molecule has 1 aliphatic rings. The lowest BCUT2D eigenvalue weighted by molar-refractivity contribution is -0.167. The van der Waals surface area contributed by atoms with E-state index >= 15 is 0 Å². The van der Waals surface area contributed by atoms with Crippen molar-refractivity contribution >= 4 is 45.1 Å². The lowest BCUT2D eigenvalue weighted by Gasteiger charge is -2.38. The number of nitrogens with one attached hydrogen (secondary N) is 1. The fourth-order valence-corrected chi connectivity index (χ4v) is 3.73. The number of pyridine rings is 1. The van der Waals surface area contributed by atoms with Crippen molar-refractivity contribution in [3.8, 4) is 0 Å². The van der Waals surface area contributed by atoms with Gasteiger partial charge in [-0.05, 0) is 40.2 Å². The topological polar surface area (TPSA) is 89.6 Å².